The van der Waals surface area contributed by atoms with Crippen LogP contribution in [-0.2, 0) is 16.1 Å². The number of anilines is 1. The maximum absolute atomic E-state index is 12.4. The first kappa shape index (κ1) is 17.3. The van der Waals surface area contributed by atoms with Crippen LogP contribution in [0.25, 0.3) is 0 Å². The second-order valence-corrected chi connectivity index (χ2v) is 6.28. The van der Waals surface area contributed by atoms with Crippen molar-refractivity contribution in [3.63, 3.8) is 0 Å². The smallest absolute Gasteiger partial charge is 0.243 e. The van der Waals surface area contributed by atoms with Crippen molar-refractivity contribution in [1.82, 2.24) is 10.2 Å². The third kappa shape index (κ3) is 4.47. The first-order valence-corrected chi connectivity index (χ1v) is 8.36. The van der Waals surface area contributed by atoms with Crippen molar-refractivity contribution in [3.8, 4) is 0 Å². The highest BCUT2D eigenvalue weighted by molar-refractivity contribution is 5.88. The molecular weight excluding hydrogens is 290 g/mol. The number of nitrogens with zero attached hydrogens (tertiary/aromatic N) is 2. The molecule has 0 saturated carbocycles. The number of amides is 2. The number of carbonyl (C=O) groups excluding carboxylic acids is 2. The summed E-state index contributed by atoms with van der Waals surface area (Å²) < 4.78 is 0. The highest BCUT2D eigenvalue weighted by atomic mass is 16.2. The molecule has 2 amide bonds. The minimum atomic E-state index is -0.300. The summed E-state index contributed by atoms with van der Waals surface area (Å²) in [4.78, 5) is 28.3. The van der Waals surface area contributed by atoms with Crippen LogP contribution < -0.4 is 10.2 Å². The summed E-state index contributed by atoms with van der Waals surface area (Å²) in [5, 5.41) is 2.98. The van der Waals surface area contributed by atoms with Crippen LogP contribution in [0.2, 0.25) is 0 Å². The Balaban J connectivity index is 1.94. The van der Waals surface area contributed by atoms with Gasteiger partial charge < -0.3 is 15.1 Å². The molecule has 1 aliphatic rings. The molecule has 0 aliphatic carbocycles. The van der Waals surface area contributed by atoms with Crippen molar-refractivity contribution in [1.29, 1.82) is 0 Å². The van der Waals surface area contributed by atoms with E-state index in [1.165, 1.54) is 0 Å². The predicted molar refractivity (Wildman–Crippen MR) is 92.3 cm³/mol. The van der Waals surface area contributed by atoms with E-state index in [0.29, 0.717) is 19.5 Å². The second-order valence-electron chi connectivity index (χ2n) is 6.28. The summed E-state index contributed by atoms with van der Waals surface area (Å²) >= 11 is 0. The molecule has 0 aromatic heterocycles. The van der Waals surface area contributed by atoms with E-state index in [-0.39, 0.29) is 17.9 Å². The van der Waals surface area contributed by atoms with E-state index in [1.807, 2.05) is 44.1 Å². The van der Waals surface area contributed by atoms with E-state index in [9.17, 15) is 9.59 Å². The van der Waals surface area contributed by atoms with Crippen LogP contribution in [0.15, 0.2) is 24.3 Å². The topological polar surface area (TPSA) is 52.7 Å². The number of rotatable bonds is 6. The van der Waals surface area contributed by atoms with Gasteiger partial charge >= 0.3 is 0 Å². The van der Waals surface area contributed by atoms with Gasteiger partial charge in [0.1, 0.15) is 6.04 Å². The zero-order valence-electron chi connectivity index (χ0n) is 14.3. The summed E-state index contributed by atoms with van der Waals surface area (Å²) in [6, 6.07) is 7.79. The molecule has 0 unspecified atom stereocenters. The molecular formula is C18H27N3O2. The Kier molecular flexibility index (Phi) is 6.02. The molecule has 1 N–H and O–H groups in total. The van der Waals surface area contributed by atoms with Gasteiger partial charge in [0.15, 0.2) is 0 Å². The van der Waals surface area contributed by atoms with Crippen molar-refractivity contribution in [2.75, 3.05) is 25.5 Å². The van der Waals surface area contributed by atoms with Crippen LogP contribution in [-0.4, -0.2) is 43.4 Å². The lowest BCUT2D eigenvalue weighted by atomic mass is 10.1. The zero-order valence-corrected chi connectivity index (χ0v) is 14.3. The van der Waals surface area contributed by atoms with Gasteiger partial charge in [-0.1, -0.05) is 19.1 Å². The van der Waals surface area contributed by atoms with Gasteiger partial charge in [-0.2, -0.15) is 0 Å². The summed E-state index contributed by atoms with van der Waals surface area (Å²) in [5.74, 6) is 0.0574. The molecule has 126 valence electrons. The van der Waals surface area contributed by atoms with E-state index >= 15 is 0 Å². The fourth-order valence-corrected chi connectivity index (χ4v) is 2.95. The van der Waals surface area contributed by atoms with Gasteiger partial charge in [0.2, 0.25) is 11.8 Å². The van der Waals surface area contributed by atoms with Gasteiger partial charge in [0.25, 0.3) is 0 Å². The Labute approximate surface area is 138 Å². The Morgan fingerprint density at radius 2 is 2.13 bits per heavy atom. The lowest BCUT2D eigenvalue weighted by molar-refractivity contribution is -0.138. The van der Waals surface area contributed by atoms with Crippen molar-refractivity contribution in [2.24, 2.45) is 0 Å². The highest BCUT2D eigenvalue weighted by Gasteiger charge is 2.33. The quantitative estimate of drug-likeness (QED) is 0.875. The SMILES string of the molecule is CCCC(=O)N1CCC[C@H]1C(=O)NCc1cccc(N(C)C)c1. The number of hydrogen-bond acceptors (Lipinski definition) is 3. The first-order valence-electron chi connectivity index (χ1n) is 8.36. The van der Waals surface area contributed by atoms with Crippen LogP contribution in [0.5, 0.6) is 0 Å². The number of hydrogen-bond donors (Lipinski definition) is 1. The highest BCUT2D eigenvalue weighted by Crippen LogP contribution is 2.19. The molecule has 1 aliphatic heterocycles. The van der Waals surface area contributed by atoms with E-state index in [4.69, 9.17) is 0 Å². The average molecular weight is 317 g/mol. The van der Waals surface area contributed by atoms with Gasteiger partial charge in [-0.25, -0.2) is 0 Å². The molecule has 2 rings (SSSR count). The Bertz CT molecular complexity index is 557. The first-order chi connectivity index (χ1) is 11.0. The molecule has 0 spiro atoms. The third-order valence-corrected chi connectivity index (χ3v) is 4.23. The lowest BCUT2D eigenvalue weighted by Gasteiger charge is -2.24. The molecule has 5 nitrogen and oxygen atoms in total. The van der Waals surface area contributed by atoms with Crippen LogP contribution in [0.1, 0.15) is 38.2 Å². The molecule has 1 saturated heterocycles. The maximum atomic E-state index is 12.4. The monoisotopic (exact) mass is 317 g/mol. The number of likely N-dealkylation sites (tertiary alicyclic amines) is 1. The van der Waals surface area contributed by atoms with Crippen LogP contribution >= 0.6 is 0 Å². The molecule has 0 radical (unpaired) electrons. The van der Waals surface area contributed by atoms with Crippen molar-refractivity contribution in [2.45, 2.75) is 45.2 Å². The molecule has 1 heterocycles. The van der Waals surface area contributed by atoms with Crippen molar-refractivity contribution >= 4 is 17.5 Å². The normalized spacial score (nSPS) is 17.2. The van der Waals surface area contributed by atoms with E-state index in [0.717, 1.165) is 30.5 Å². The average Bonchev–Trinajstić information content (AvgIpc) is 3.03. The van der Waals surface area contributed by atoms with Gasteiger partial charge in [-0.3, -0.25) is 9.59 Å². The number of benzene rings is 1. The van der Waals surface area contributed by atoms with E-state index in [2.05, 4.69) is 11.4 Å². The summed E-state index contributed by atoms with van der Waals surface area (Å²) in [5.41, 5.74) is 2.17. The third-order valence-electron chi connectivity index (χ3n) is 4.23. The van der Waals surface area contributed by atoms with Crippen LogP contribution in [0.3, 0.4) is 0 Å². The summed E-state index contributed by atoms with van der Waals surface area (Å²) in [6.07, 6.45) is 3.01. The Hall–Kier alpha value is -2.04. The number of nitrogens with one attached hydrogen (secondary N) is 1. The number of carbonyl (C=O) groups is 2. The van der Waals surface area contributed by atoms with E-state index in [1.54, 1.807) is 4.90 Å². The van der Waals surface area contributed by atoms with Gasteiger partial charge in [-0.05, 0) is 37.0 Å². The largest absolute Gasteiger partial charge is 0.378 e. The summed E-state index contributed by atoms with van der Waals surface area (Å²) in [6.45, 7) is 3.18. The van der Waals surface area contributed by atoms with Gasteiger partial charge in [-0.15, -0.1) is 0 Å². The molecule has 0 bridgehead atoms. The molecule has 23 heavy (non-hydrogen) atoms. The minimum absolute atomic E-state index is 0.0396. The molecule has 1 fully saturated rings. The maximum Gasteiger partial charge on any atom is 0.243 e. The molecule has 1 aromatic carbocycles. The van der Waals surface area contributed by atoms with Crippen LogP contribution in [0, 0.1) is 0 Å². The minimum Gasteiger partial charge on any atom is -0.378 e. The van der Waals surface area contributed by atoms with Gasteiger partial charge in [0, 0.05) is 39.3 Å². The van der Waals surface area contributed by atoms with Crippen molar-refractivity contribution < 1.29 is 9.59 Å². The molecule has 5 heteroatoms. The predicted octanol–water partition coefficient (Wildman–Crippen LogP) is 2.16. The zero-order chi connectivity index (χ0) is 16.8. The van der Waals surface area contributed by atoms with E-state index < -0.39 is 0 Å². The summed E-state index contributed by atoms with van der Waals surface area (Å²) in [7, 11) is 3.99. The Morgan fingerprint density at radius 3 is 2.83 bits per heavy atom. The van der Waals surface area contributed by atoms with Crippen molar-refractivity contribution in [3.05, 3.63) is 29.8 Å². The van der Waals surface area contributed by atoms with Crippen LogP contribution in [0.4, 0.5) is 5.69 Å². The fourth-order valence-electron chi connectivity index (χ4n) is 2.95. The molecule has 1 atom stereocenters. The molecule has 1 aromatic rings. The lowest BCUT2D eigenvalue weighted by Crippen LogP contribution is -2.45. The standard InChI is InChI=1S/C18H27N3O2/c1-4-7-17(22)21-11-6-10-16(21)18(23)19-13-14-8-5-9-15(12-14)20(2)3/h5,8-9,12,16H,4,6-7,10-11,13H2,1-3H3,(H,19,23)/t16-/m0/s1. The Morgan fingerprint density at radius 1 is 1.35 bits per heavy atom. The van der Waals surface area contributed by atoms with Gasteiger partial charge in [0.05, 0.1) is 0 Å². The fraction of sp³-hybridized carbons (Fsp3) is 0.556. The second kappa shape index (κ2) is 7.99.